The molecule has 1 heterocycles. The molecule has 0 saturated carbocycles. The molecule has 2 unspecified atom stereocenters. The van der Waals surface area contributed by atoms with E-state index in [2.05, 4.69) is 30.1 Å². The van der Waals surface area contributed by atoms with Crippen LogP contribution >= 0.6 is 0 Å². The first-order valence-electron chi connectivity index (χ1n) is 6.17. The van der Waals surface area contributed by atoms with Gasteiger partial charge >= 0.3 is 0 Å². The van der Waals surface area contributed by atoms with E-state index in [1.165, 1.54) is 5.56 Å². The molecule has 94 valence electrons. The lowest BCUT2D eigenvalue weighted by Crippen LogP contribution is -2.53. The maximum Gasteiger partial charge on any atom is 0.0551 e. The average Bonchev–Trinajstić information content (AvgIpc) is 2.22. The minimum atomic E-state index is 0.546. The molecule has 1 fully saturated rings. The molecule has 0 radical (unpaired) electrons. The van der Waals surface area contributed by atoms with Gasteiger partial charge < -0.3 is 16.8 Å². The van der Waals surface area contributed by atoms with E-state index >= 15 is 0 Å². The first-order valence-corrected chi connectivity index (χ1v) is 6.17. The zero-order valence-electron chi connectivity index (χ0n) is 10.6. The van der Waals surface area contributed by atoms with E-state index in [0.717, 1.165) is 19.6 Å². The number of benzene rings is 1. The van der Waals surface area contributed by atoms with E-state index in [1.54, 1.807) is 0 Å². The number of hydrogen-bond acceptors (Lipinski definition) is 4. The van der Waals surface area contributed by atoms with Gasteiger partial charge in [0, 0.05) is 31.7 Å². The normalized spacial score (nSPS) is 26.0. The summed E-state index contributed by atoms with van der Waals surface area (Å²) in [6, 6.07) is 7.02. The van der Waals surface area contributed by atoms with Crippen molar-refractivity contribution in [2.75, 3.05) is 24.6 Å². The van der Waals surface area contributed by atoms with Gasteiger partial charge in [0.15, 0.2) is 0 Å². The van der Waals surface area contributed by atoms with Crippen LogP contribution < -0.4 is 16.8 Å². The Morgan fingerprint density at radius 1 is 1.18 bits per heavy atom. The molecule has 1 aromatic rings. The fourth-order valence-electron chi connectivity index (χ4n) is 2.55. The predicted octanol–water partition coefficient (Wildman–Crippen LogP) is 1.03. The van der Waals surface area contributed by atoms with Crippen LogP contribution in [0.2, 0.25) is 0 Å². The molecule has 0 aliphatic carbocycles. The second-order valence-corrected chi connectivity index (χ2v) is 5.13. The van der Waals surface area contributed by atoms with Crippen LogP contribution in [0.25, 0.3) is 0 Å². The molecule has 2 rings (SSSR count). The van der Waals surface area contributed by atoms with Crippen molar-refractivity contribution in [2.24, 2.45) is 0 Å². The maximum atomic E-state index is 5.82. The molecule has 4 heteroatoms. The molecule has 17 heavy (non-hydrogen) atoms. The maximum absolute atomic E-state index is 5.82. The Balaban J connectivity index is 2.02. The largest absolute Gasteiger partial charge is 0.397 e. The number of nitrogen functional groups attached to an aromatic ring is 2. The molecule has 5 N–H and O–H groups in total. The molecule has 2 atom stereocenters. The highest BCUT2D eigenvalue weighted by Gasteiger charge is 2.20. The first-order chi connectivity index (χ1) is 8.04. The van der Waals surface area contributed by atoms with Gasteiger partial charge in [-0.15, -0.1) is 0 Å². The summed E-state index contributed by atoms with van der Waals surface area (Å²) in [4.78, 5) is 2.46. The summed E-state index contributed by atoms with van der Waals surface area (Å²) in [6.45, 7) is 7.55. The minimum Gasteiger partial charge on any atom is -0.397 e. The Morgan fingerprint density at radius 3 is 2.41 bits per heavy atom. The van der Waals surface area contributed by atoms with E-state index in [0.29, 0.717) is 23.5 Å². The number of piperazine rings is 1. The lowest BCUT2D eigenvalue weighted by atomic mass is 10.1. The topological polar surface area (TPSA) is 67.3 Å². The fourth-order valence-corrected chi connectivity index (χ4v) is 2.55. The summed E-state index contributed by atoms with van der Waals surface area (Å²) in [5, 5.41) is 3.53. The number of nitrogens with one attached hydrogen (secondary N) is 1. The van der Waals surface area contributed by atoms with Crippen molar-refractivity contribution in [2.45, 2.75) is 32.5 Å². The van der Waals surface area contributed by atoms with Crippen LogP contribution in [0.4, 0.5) is 11.4 Å². The highest BCUT2D eigenvalue weighted by Crippen LogP contribution is 2.18. The predicted molar refractivity (Wildman–Crippen MR) is 72.6 cm³/mol. The zero-order chi connectivity index (χ0) is 12.4. The van der Waals surface area contributed by atoms with Gasteiger partial charge in [-0.3, -0.25) is 4.90 Å². The molecule has 4 nitrogen and oxygen atoms in total. The fraction of sp³-hybridized carbons (Fsp3) is 0.538. The monoisotopic (exact) mass is 234 g/mol. The van der Waals surface area contributed by atoms with Gasteiger partial charge in [-0.2, -0.15) is 0 Å². The van der Waals surface area contributed by atoms with Gasteiger partial charge in [0.25, 0.3) is 0 Å². The quantitative estimate of drug-likeness (QED) is 0.669. The Kier molecular flexibility index (Phi) is 3.54. The molecule has 1 aliphatic heterocycles. The summed E-state index contributed by atoms with van der Waals surface area (Å²) >= 11 is 0. The zero-order valence-corrected chi connectivity index (χ0v) is 10.6. The third-order valence-corrected chi connectivity index (χ3v) is 3.19. The summed E-state index contributed by atoms with van der Waals surface area (Å²) in [7, 11) is 0. The first kappa shape index (κ1) is 12.2. The minimum absolute atomic E-state index is 0.546. The summed E-state index contributed by atoms with van der Waals surface area (Å²) in [5.74, 6) is 0. The van der Waals surface area contributed by atoms with E-state index in [-0.39, 0.29) is 0 Å². The van der Waals surface area contributed by atoms with Crippen LogP contribution in [0.15, 0.2) is 18.2 Å². The standard InChI is InChI=1S/C13H22N4/c1-9-6-17(7-10(2)16-9)8-11-3-4-12(14)13(15)5-11/h3-5,9-10,16H,6-8,14-15H2,1-2H3. The van der Waals surface area contributed by atoms with Gasteiger partial charge in [0.05, 0.1) is 11.4 Å². The summed E-state index contributed by atoms with van der Waals surface area (Å²) < 4.78 is 0. The average molecular weight is 234 g/mol. The smallest absolute Gasteiger partial charge is 0.0551 e. The second kappa shape index (κ2) is 4.94. The Labute approximate surface area is 103 Å². The molecule has 0 amide bonds. The van der Waals surface area contributed by atoms with Crippen molar-refractivity contribution >= 4 is 11.4 Å². The second-order valence-electron chi connectivity index (χ2n) is 5.13. The van der Waals surface area contributed by atoms with Crippen LogP contribution in [-0.4, -0.2) is 30.1 Å². The Hall–Kier alpha value is -1.26. The highest BCUT2D eigenvalue weighted by atomic mass is 15.2. The molecule has 1 aliphatic rings. The van der Waals surface area contributed by atoms with E-state index in [1.807, 2.05) is 12.1 Å². The van der Waals surface area contributed by atoms with Crippen LogP contribution in [-0.2, 0) is 6.54 Å². The van der Waals surface area contributed by atoms with Crippen molar-refractivity contribution in [3.8, 4) is 0 Å². The Bertz CT molecular complexity index is 381. The number of rotatable bonds is 2. The van der Waals surface area contributed by atoms with Gasteiger partial charge in [-0.25, -0.2) is 0 Å². The van der Waals surface area contributed by atoms with Gasteiger partial charge in [0.2, 0.25) is 0 Å². The van der Waals surface area contributed by atoms with Crippen LogP contribution in [0.3, 0.4) is 0 Å². The van der Waals surface area contributed by atoms with Crippen molar-refractivity contribution in [1.82, 2.24) is 10.2 Å². The molecule has 0 spiro atoms. The Morgan fingerprint density at radius 2 is 1.82 bits per heavy atom. The molecule has 1 saturated heterocycles. The third-order valence-electron chi connectivity index (χ3n) is 3.19. The molecule has 0 aromatic heterocycles. The van der Waals surface area contributed by atoms with Crippen molar-refractivity contribution < 1.29 is 0 Å². The lowest BCUT2D eigenvalue weighted by molar-refractivity contribution is 0.166. The lowest BCUT2D eigenvalue weighted by Gasteiger charge is -2.36. The van der Waals surface area contributed by atoms with Gasteiger partial charge in [-0.05, 0) is 31.5 Å². The number of hydrogen-bond donors (Lipinski definition) is 3. The SMILES string of the molecule is CC1CN(Cc2ccc(N)c(N)c2)CC(C)N1. The molecular formula is C13H22N4. The van der Waals surface area contributed by atoms with E-state index < -0.39 is 0 Å². The number of anilines is 2. The molecule has 0 bridgehead atoms. The van der Waals surface area contributed by atoms with Crippen LogP contribution in [0.1, 0.15) is 19.4 Å². The van der Waals surface area contributed by atoms with Crippen molar-refractivity contribution in [1.29, 1.82) is 0 Å². The number of nitrogens with zero attached hydrogens (tertiary/aromatic N) is 1. The van der Waals surface area contributed by atoms with E-state index in [9.17, 15) is 0 Å². The van der Waals surface area contributed by atoms with Gasteiger partial charge in [-0.1, -0.05) is 6.07 Å². The summed E-state index contributed by atoms with van der Waals surface area (Å²) in [6.07, 6.45) is 0. The van der Waals surface area contributed by atoms with Crippen molar-refractivity contribution in [3.63, 3.8) is 0 Å². The van der Waals surface area contributed by atoms with Crippen LogP contribution in [0.5, 0.6) is 0 Å². The van der Waals surface area contributed by atoms with Crippen molar-refractivity contribution in [3.05, 3.63) is 23.8 Å². The molecular weight excluding hydrogens is 212 g/mol. The van der Waals surface area contributed by atoms with Crippen LogP contribution in [0, 0.1) is 0 Å². The van der Waals surface area contributed by atoms with E-state index in [4.69, 9.17) is 11.5 Å². The van der Waals surface area contributed by atoms with Gasteiger partial charge in [0.1, 0.15) is 0 Å². The number of nitrogens with two attached hydrogens (primary N) is 2. The summed E-state index contributed by atoms with van der Waals surface area (Å²) in [5.41, 5.74) is 14.1. The molecule has 1 aromatic carbocycles. The third kappa shape index (κ3) is 3.11. The highest BCUT2D eigenvalue weighted by molar-refractivity contribution is 5.63.